The van der Waals surface area contributed by atoms with E-state index in [1.165, 1.54) is 0 Å². The average molecular weight is 583 g/mol. The van der Waals surface area contributed by atoms with E-state index >= 15 is 0 Å². The van der Waals surface area contributed by atoms with Gasteiger partial charge in [0.15, 0.2) is 0 Å². The standard InChI is InChI=1S/C33H60N2O6/c1-13-22(7)31(34(10)33(39)26(21(5)6)18-28(37)25(14-2)20(3)4)29(40-11)19-30(38)35-17-15-16-27(35)32(41-12)23(8)24(9)36/h20-23,25-27,29,31-32H,13-19H2,1-12H3/t22-,23-,25-,26-,27-,29+,31-,32+/m0/s1/i9T. The van der Waals surface area contributed by atoms with E-state index in [9.17, 15) is 19.2 Å². The number of Topliss-reactive ketones (excluding diaryl/α,β-unsaturated/α-hetero) is 2. The van der Waals surface area contributed by atoms with Crippen molar-refractivity contribution in [2.75, 3.05) is 27.8 Å². The molecule has 0 unspecified atom stereocenters. The van der Waals surface area contributed by atoms with Crippen molar-refractivity contribution in [3.63, 3.8) is 0 Å². The van der Waals surface area contributed by atoms with Crippen LogP contribution in [-0.4, -0.2) is 85.3 Å². The number of nitrogens with zero attached hydrogens (tertiary/aromatic N) is 2. The van der Waals surface area contributed by atoms with Gasteiger partial charge in [0, 0.05) is 53.4 Å². The minimum Gasteiger partial charge on any atom is -0.379 e. The first-order valence-electron chi connectivity index (χ1n) is 16.4. The van der Waals surface area contributed by atoms with Crippen LogP contribution in [0.2, 0.25) is 0 Å². The van der Waals surface area contributed by atoms with E-state index in [-0.39, 0.29) is 78.9 Å². The van der Waals surface area contributed by atoms with Crippen molar-refractivity contribution in [3.8, 4) is 0 Å². The Labute approximate surface area is 251 Å². The Morgan fingerprint density at radius 1 is 0.927 bits per heavy atom. The van der Waals surface area contributed by atoms with Crippen LogP contribution in [0.3, 0.4) is 0 Å². The van der Waals surface area contributed by atoms with Gasteiger partial charge in [-0.2, -0.15) is 0 Å². The minimum absolute atomic E-state index is 0.0152. The van der Waals surface area contributed by atoms with E-state index in [1.807, 2.05) is 20.8 Å². The van der Waals surface area contributed by atoms with Gasteiger partial charge < -0.3 is 19.3 Å². The van der Waals surface area contributed by atoms with Crippen molar-refractivity contribution in [2.45, 2.75) is 125 Å². The molecule has 1 aliphatic heterocycles. The molecule has 238 valence electrons. The van der Waals surface area contributed by atoms with Crippen LogP contribution in [0, 0.1) is 35.5 Å². The van der Waals surface area contributed by atoms with Gasteiger partial charge in [-0.25, -0.2) is 0 Å². The van der Waals surface area contributed by atoms with Crippen LogP contribution in [-0.2, 0) is 28.7 Å². The molecule has 0 aliphatic carbocycles. The van der Waals surface area contributed by atoms with E-state index in [0.29, 0.717) is 6.54 Å². The first kappa shape index (κ1) is 35.4. The maximum atomic E-state index is 14.0. The molecule has 0 aromatic rings. The number of likely N-dealkylation sites (N-methyl/N-ethyl adjacent to an activating group) is 1. The fourth-order valence-electron chi connectivity index (χ4n) is 6.65. The molecule has 0 aromatic carbocycles. The summed E-state index contributed by atoms with van der Waals surface area (Å²) >= 11 is 0. The molecule has 0 bridgehead atoms. The second-order valence-corrected chi connectivity index (χ2v) is 12.8. The molecule has 0 spiro atoms. The Kier molecular flexibility index (Phi) is 15.0. The van der Waals surface area contributed by atoms with Crippen molar-refractivity contribution >= 4 is 23.4 Å². The Bertz CT molecular complexity index is 881. The van der Waals surface area contributed by atoms with Crippen LogP contribution < -0.4 is 0 Å². The lowest BCUT2D eigenvalue weighted by Gasteiger charge is -2.41. The van der Waals surface area contributed by atoms with Crippen LogP contribution in [0.5, 0.6) is 0 Å². The monoisotopic (exact) mass is 582 g/mol. The Hall–Kier alpha value is -1.80. The molecule has 8 heteroatoms. The summed E-state index contributed by atoms with van der Waals surface area (Å²) in [5.41, 5.74) is 0. The van der Waals surface area contributed by atoms with Gasteiger partial charge >= 0.3 is 0 Å². The van der Waals surface area contributed by atoms with Crippen molar-refractivity contribution < 1.29 is 30.0 Å². The van der Waals surface area contributed by atoms with E-state index in [4.69, 9.17) is 10.8 Å². The summed E-state index contributed by atoms with van der Waals surface area (Å²) in [6, 6.07) is -0.612. The topological polar surface area (TPSA) is 93.2 Å². The highest BCUT2D eigenvalue weighted by Gasteiger charge is 2.42. The molecule has 0 aromatic heterocycles. The molecule has 1 heterocycles. The summed E-state index contributed by atoms with van der Waals surface area (Å²) < 4.78 is 19.2. The van der Waals surface area contributed by atoms with Crippen LogP contribution >= 0.6 is 0 Å². The first-order valence-corrected chi connectivity index (χ1v) is 15.7. The SMILES string of the molecule is [3H]CC(=O)[C@H](C)[C@@H](OC)[C@@H]1CCCN1C(=O)C[C@@H](OC)[C@H]([C@@H](C)CC)N(C)C(=O)[C@@H](CC(=O)[C@@H](CC)C(C)C)C(C)C. The van der Waals surface area contributed by atoms with Gasteiger partial charge in [-0.3, -0.25) is 19.2 Å². The van der Waals surface area contributed by atoms with Gasteiger partial charge in [0.1, 0.15) is 11.6 Å². The van der Waals surface area contributed by atoms with Gasteiger partial charge in [-0.05, 0) is 43.9 Å². The molecule has 0 saturated carbocycles. The summed E-state index contributed by atoms with van der Waals surface area (Å²) in [4.78, 5) is 56.9. The van der Waals surface area contributed by atoms with Crippen molar-refractivity contribution in [2.24, 2.45) is 35.5 Å². The minimum atomic E-state index is -0.543. The predicted molar refractivity (Wildman–Crippen MR) is 163 cm³/mol. The second-order valence-electron chi connectivity index (χ2n) is 12.8. The molecule has 2 amide bonds. The second kappa shape index (κ2) is 17.3. The number of likely N-dealkylation sites (tertiary alicyclic amines) is 1. The predicted octanol–water partition coefficient (Wildman–Crippen LogP) is 5.41. The molecule has 0 radical (unpaired) electrons. The zero-order chi connectivity index (χ0) is 32.3. The summed E-state index contributed by atoms with van der Waals surface area (Å²) in [7, 11) is 4.91. The Morgan fingerprint density at radius 2 is 1.54 bits per heavy atom. The van der Waals surface area contributed by atoms with Crippen molar-refractivity contribution in [1.82, 2.24) is 9.80 Å². The number of ether oxygens (including phenoxy) is 2. The van der Waals surface area contributed by atoms with Crippen LogP contribution in [0.15, 0.2) is 0 Å². The van der Waals surface area contributed by atoms with Crippen molar-refractivity contribution in [1.29, 1.82) is 0 Å². The molecule has 0 N–H and O–H groups in total. The molecule has 1 fully saturated rings. The zero-order valence-corrected chi connectivity index (χ0v) is 27.8. The molecular formula is C33H60N2O6. The lowest BCUT2D eigenvalue weighted by Crippen LogP contribution is -2.54. The third-order valence-corrected chi connectivity index (χ3v) is 9.55. The lowest BCUT2D eigenvalue weighted by molar-refractivity contribution is -0.149. The van der Waals surface area contributed by atoms with Crippen LogP contribution in [0.25, 0.3) is 0 Å². The van der Waals surface area contributed by atoms with Crippen LogP contribution in [0.4, 0.5) is 0 Å². The number of hydrogen-bond acceptors (Lipinski definition) is 6. The average Bonchev–Trinajstić information content (AvgIpc) is 3.44. The number of ketones is 2. The lowest BCUT2D eigenvalue weighted by atomic mass is 9.80. The highest BCUT2D eigenvalue weighted by atomic mass is 16.5. The summed E-state index contributed by atoms with van der Waals surface area (Å²) in [5.74, 6) is -0.989. The fraction of sp³-hybridized carbons (Fsp3) is 0.879. The molecular weight excluding hydrogens is 520 g/mol. The maximum absolute atomic E-state index is 14.0. The molecule has 1 aliphatic rings. The number of amides is 2. The van der Waals surface area contributed by atoms with Crippen LogP contribution in [0.1, 0.15) is 102 Å². The number of methoxy groups -OCH3 is 2. The van der Waals surface area contributed by atoms with Gasteiger partial charge in [0.2, 0.25) is 11.8 Å². The fourth-order valence-corrected chi connectivity index (χ4v) is 6.65. The summed E-state index contributed by atoms with van der Waals surface area (Å²) in [6.07, 6.45) is 2.36. The summed E-state index contributed by atoms with van der Waals surface area (Å²) in [6.45, 7) is 16.3. The molecule has 1 saturated heterocycles. The van der Waals surface area contributed by atoms with Gasteiger partial charge in [-0.15, -0.1) is 0 Å². The third kappa shape index (κ3) is 9.60. The number of carbonyl (C=O) groups is 4. The van der Waals surface area contributed by atoms with E-state index in [0.717, 1.165) is 25.7 Å². The third-order valence-electron chi connectivity index (χ3n) is 9.55. The Balaban J connectivity index is 3.24. The molecule has 1 rings (SSSR count). The van der Waals surface area contributed by atoms with Gasteiger partial charge in [0.05, 0.1) is 30.7 Å². The number of carbonyl (C=O) groups excluding carboxylic acids is 4. The Morgan fingerprint density at radius 3 is 2.00 bits per heavy atom. The maximum Gasteiger partial charge on any atom is 0.226 e. The number of rotatable bonds is 18. The summed E-state index contributed by atoms with van der Waals surface area (Å²) in [5, 5.41) is 0. The normalized spacial score (nSPS) is 21.1. The van der Waals surface area contributed by atoms with E-state index < -0.39 is 24.0 Å². The van der Waals surface area contributed by atoms with Crippen molar-refractivity contribution in [3.05, 3.63) is 0 Å². The van der Waals surface area contributed by atoms with E-state index in [1.54, 1.807) is 38.0 Å². The highest BCUT2D eigenvalue weighted by Crippen LogP contribution is 2.31. The largest absolute Gasteiger partial charge is 0.379 e. The van der Waals surface area contributed by atoms with E-state index in [2.05, 4.69) is 27.7 Å². The molecule has 8 nitrogen and oxygen atoms in total. The molecule has 8 atom stereocenters. The van der Waals surface area contributed by atoms with Gasteiger partial charge in [0.25, 0.3) is 0 Å². The quantitative estimate of drug-likeness (QED) is 0.215. The number of hydrogen-bond donors (Lipinski definition) is 0. The first-order chi connectivity index (χ1) is 19.7. The zero-order valence-electron chi connectivity index (χ0n) is 28.8. The molecule has 41 heavy (non-hydrogen) atoms. The smallest absolute Gasteiger partial charge is 0.226 e. The van der Waals surface area contributed by atoms with Gasteiger partial charge in [-0.1, -0.05) is 61.8 Å². The highest BCUT2D eigenvalue weighted by molar-refractivity contribution is 5.88.